The lowest BCUT2D eigenvalue weighted by Crippen LogP contribution is -2.21. The molecule has 1 aliphatic rings. The van der Waals surface area contributed by atoms with Crippen LogP contribution in [0.2, 0.25) is 0 Å². The number of hydrogen-bond donors (Lipinski definition) is 3. The quantitative estimate of drug-likeness (QED) is 0.764. The number of carbonyl (C=O) groups excluding carboxylic acids is 2. The number of benzene rings is 1. The van der Waals surface area contributed by atoms with Gasteiger partial charge in [-0.05, 0) is 42.7 Å². The molecule has 0 saturated heterocycles. The normalized spacial score (nSPS) is 14.2. The molecule has 0 aliphatic carbocycles. The topological polar surface area (TPSA) is 91.1 Å². The summed E-state index contributed by atoms with van der Waals surface area (Å²) in [6, 6.07) is 5.13. The van der Waals surface area contributed by atoms with Crippen LogP contribution in [0.5, 0.6) is 0 Å². The number of hydrogen-bond acceptors (Lipinski definition) is 3. The number of aromatic nitrogens is 1. The highest BCUT2D eigenvalue weighted by molar-refractivity contribution is 6.05. The number of aromatic amines is 1. The first-order valence-corrected chi connectivity index (χ1v) is 7.78. The van der Waals surface area contributed by atoms with Crippen LogP contribution in [0.25, 0.3) is 0 Å². The van der Waals surface area contributed by atoms with Crippen molar-refractivity contribution in [1.82, 2.24) is 4.98 Å². The predicted octanol–water partition coefficient (Wildman–Crippen LogP) is 2.92. The van der Waals surface area contributed by atoms with Crippen molar-refractivity contribution in [2.45, 2.75) is 25.4 Å². The van der Waals surface area contributed by atoms with E-state index in [2.05, 4.69) is 10.6 Å². The first-order chi connectivity index (χ1) is 12.2. The van der Waals surface area contributed by atoms with Crippen LogP contribution in [0.4, 0.5) is 24.5 Å². The molecule has 0 fully saturated rings. The fourth-order valence-corrected chi connectivity index (χ4v) is 2.65. The summed E-state index contributed by atoms with van der Waals surface area (Å²) < 4.78 is 38.2. The number of aryl methyl sites for hydroxylation is 1. The average molecular weight is 365 g/mol. The van der Waals surface area contributed by atoms with Crippen molar-refractivity contribution < 1.29 is 22.8 Å². The van der Waals surface area contributed by atoms with E-state index in [9.17, 15) is 27.6 Å². The Morgan fingerprint density at radius 3 is 2.62 bits per heavy atom. The second kappa shape index (κ2) is 6.66. The zero-order valence-electron chi connectivity index (χ0n) is 13.4. The van der Waals surface area contributed by atoms with Gasteiger partial charge in [-0.2, -0.15) is 13.2 Å². The van der Waals surface area contributed by atoms with Crippen LogP contribution in [-0.4, -0.2) is 16.8 Å². The van der Waals surface area contributed by atoms with Gasteiger partial charge in [0, 0.05) is 23.9 Å². The largest absolute Gasteiger partial charge is 0.417 e. The molecule has 1 aromatic heterocycles. The van der Waals surface area contributed by atoms with E-state index in [1.807, 2.05) is 4.98 Å². The van der Waals surface area contributed by atoms with E-state index >= 15 is 0 Å². The van der Waals surface area contributed by atoms with E-state index in [1.165, 1.54) is 6.07 Å². The standard InChI is InChI=1S/C17H14F3N3O3/c18-17(19,20)11-7-13(16(26)21-8-11)23-15(25)10-4-5-12-9(6-10)2-1-3-14(24)22-12/h4-8H,1-3H2,(H,21,26)(H,22,24)(H,23,25). The first kappa shape index (κ1) is 17.7. The molecule has 6 nitrogen and oxygen atoms in total. The zero-order valence-corrected chi connectivity index (χ0v) is 13.4. The Hall–Kier alpha value is -3.10. The SMILES string of the molecule is O=C1CCCc2cc(C(=O)Nc3cc(C(F)(F)F)c[nH]c3=O)ccc2N1. The maximum absolute atomic E-state index is 12.7. The number of rotatable bonds is 2. The molecule has 9 heteroatoms. The Morgan fingerprint density at radius 1 is 1.12 bits per heavy atom. The molecule has 2 heterocycles. The van der Waals surface area contributed by atoms with Gasteiger partial charge >= 0.3 is 6.18 Å². The van der Waals surface area contributed by atoms with Gasteiger partial charge in [-0.3, -0.25) is 14.4 Å². The molecule has 0 radical (unpaired) electrons. The number of halogens is 3. The van der Waals surface area contributed by atoms with E-state index < -0.39 is 28.9 Å². The number of alkyl halides is 3. The molecule has 2 amide bonds. The van der Waals surface area contributed by atoms with Gasteiger partial charge in [0.25, 0.3) is 11.5 Å². The number of pyridine rings is 1. The molecule has 0 saturated carbocycles. The lowest BCUT2D eigenvalue weighted by Gasteiger charge is -2.11. The van der Waals surface area contributed by atoms with Crippen molar-refractivity contribution in [2.75, 3.05) is 10.6 Å². The summed E-state index contributed by atoms with van der Waals surface area (Å²) in [6.07, 6.45) is -2.53. The molecule has 0 unspecified atom stereocenters. The molecule has 0 bridgehead atoms. The maximum atomic E-state index is 12.7. The fraction of sp³-hybridized carbons (Fsp3) is 0.235. The number of fused-ring (bicyclic) bond motifs is 1. The Kier molecular flexibility index (Phi) is 4.54. The third kappa shape index (κ3) is 3.76. The van der Waals surface area contributed by atoms with E-state index in [0.717, 1.165) is 5.56 Å². The monoisotopic (exact) mass is 365 g/mol. The van der Waals surface area contributed by atoms with Gasteiger partial charge < -0.3 is 15.6 Å². The summed E-state index contributed by atoms with van der Waals surface area (Å²) in [6.45, 7) is 0. The van der Waals surface area contributed by atoms with Crippen LogP contribution in [0, 0.1) is 0 Å². The summed E-state index contributed by atoms with van der Waals surface area (Å²) >= 11 is 0. The highest BCUT2D eigenvalue weighted by Crippen LogP contribution is 2.29. The van der Waals surface area contributed by atoms with Gasteiger partial charge in [-0.15, -0.1) is 0 Å². The van der Waals surface area contributed by atoms with Crippen LogP contribution in [0.15, 0.2) is 35.3 Å². The third-order valence-electron chi connectivity index (χ3n) is 3.97. The maximum Gasteiger partial charge on any atom is 0.417 e. The molecular weight excluding hydrogens is 351 g/mol. The van der Waals surface area contributed by atoms with E-state index in [4.69, 9.17) is 0 Å². The van der Waals surface area contributed by atoms with Crippen LogP contribution in [0.1, 0.15) is 34.3 Å². The average Bonchev–Trinajstić information content (AvgIpc) is 2.75. The molecule has 0 spiro atoms. The molecule has 2 aromatic rings. The number of nitrogens with one attached hydrogen (secondary N) is 3. The van der Waals surface area contributed by atoms with E-state index in [-0.39, 0.29) is 11.5 Å². The van der Waals surface area contributed by atoms with Crippen molar-refractivity contribution in [3.05, 3.63) is 57.5 Å². The van der Waals surface area contributed by atoms with Crippen molar-refractivity contribution >= 4 is 23.2 Å². The Labute approximate surface area is 145 Å². The second-order valence-electron chi connectivity index (χ2n) is 5.86. The van der Waals surface area contributed by atoms with E-state index in [0.29, 0.717) is 37.2 Å². The number of carbonyl (C=O) groups is 2. The Morgan fingerprint density at radius 2 is 1.88 bits per heavy atom. The van der Waals surface area contributed by atoms with Crippen LogP contribution in [-0.2, 0) is 17.4 Å². The summed E-state index contributed by atoms with van der Waals surface area (Å²) in [7, 11) is 0. The Bertz CT molecular complexity index is 935. The van der Waals surface area contributed by atoms with Gasteiger partial charge in [-0.1, -0.05) is 0 Å². The summed E-state index contributed by atoms with van der Waals surface area (Å²) in [4.78, 5) is 37.5. The highest BCUT2D eigenvalue weighted by atomic mass is 19.4. The summed E-state index contributed by atoms with van der Waals surface area (Å²) in [5.74, 6) is -0.829. The van der Waals surface area contributed by atoms with Gasteiger partial charge in [0.05, 0.1) is 5.56 Å². The second-order valence-corrected chi connectivity index (χ2v) is 5.86. The van der Waals surface area contributed by atoms with Crippen LogP contribution >= 0.6 is 0 Å². The molecule has 3 N–H and O–H groups in total. The van der Waals surface area contributed by atoms with Crippen molar-refractivity contribution in [3.8, 4) is 0 Å². The van der Waals surface area contributed by atoms with Gasteiger partial charge in [0.1, 0.15) is 5.69 Å². The highest BCUT2D eigenvalue weighted by Gasteiger charge is 2.31. The third-order valence-corrected chi connectivity index (χ3v) is 3.97. The number of H-pyrrole nitrogens is 1. The minimum atomic E-state index is -4.65. The molecule has 1 aliphatic heterocycles. The summed E-state index contributed by atoms with van der Waals surface area (Å²) in [5.41, 5.74) is -0.877. The van der Waals surface area contributed by atoms with Gasteiger partial charge in [0.15, 0.2) is 0 Å². The van der Waals surface area contributed by atoms with Gasteiger partial charge in [-0.25, -0.2) is 0 Å². The molecule has 0 atom stereocenters. The summed E-state index contributed by atoms with van der Waals surface area (Å²) in [5, 5.41) is 4.92. The molecule has 1 aromatic carbocycles. The van der Waals surface area contributed by atoms with Crippen molar-refractivity contribution in [3.63, 3.8) is 0 Å². The van der Waals surface area contributed by atoms with E-state index in [1.54, 1.807) is 12.1 Å². The predicted molar refractivity (Wildman–Crippen MR) is 88.0 cm³/mol. The molecule has 26 heavy (non-hydrogen) atoms. The molecule has 136 valence electrons. The van der Waals surface area contributed by atoms with Crippen LogP contribution in [0.3, 0.4) is 0 Å². The lowest BCUT2D eigenvalue weighted by molar-refractivity contribution is -0.137. The molecule has 3 rings (SSSR count). The minimum absolute atomic E-state index is 0.114. The zero-order chi connectivity index (χ0) is 18.9. The van der Waals surface area contributed by atoms with Crippen LogP contribution < -0.4 is 16.2 Å². The smallest absolute Gasteiger partial charge is 0.327 e. The molecular formula is C17H14F3N3O3. The van der Waals surface area contributed by atoms with Crippen molar-refractivity contribution in [1.29, 1.82) is 0 Å². The van der Waals surface area contributed by atoms with Crippen molar-refractivity contribution in [2.24, 2.45) is 0 Å². The lowest BCUT2D eigenvalue weighted by atomic mass is 10.0. The first-order valence-electron chi connectivity index (χ1n) is 7.78. The minimum Gasteiger partial charge on any atom is -0.327 e. The fourth-order valence-electron chi connectivity index (χ4n) is 2.65. The Balaban J connectivity index is 1.86. The van der Waals surface area contributed by atoms with Gasteiger partial charge in [0.2, 0.25) is 5.91 Å². The number of amides is 2. The number of anilines is 2.